The number of carboxylic acids is 1. The fourth-order valence-electron chi connectivity index (χ4n) is 2.88. The SMILES string of the molecule is CC#CCOc1ccc(S(=O)(=O)C2CC(C(=O)O)CCN2C(C)=O)cc1. The van der Waals surface area contributed by atoms with Gasteiger partial charge in [-0.1, -0.05) is 5.92 Å². The summed E-state index contributed by atoms with van der Waals surface area (Å²) in [6, 6.07) is 5.82. The van der Waals surface area contributed by atoms with Gasteiger partial charge in [0.25, 0.3) is 0 Å². The maximum atomic E-state index is 13.0. The van der Waals surface area contributed by atoms with Gasteiger partial charge >= 0.3 is 5.97 Å². The van der Waals surface area contributed by atoms with E-state index in [9.17, 15) is 23.1 Å². The highest BCUT2D eigenvalue weighted by Crippen LogP contribution is 2.31. The molecule has 0 spiro atoms. The summed E-state index contributed by atoms with van der Waals surface area (Å²) >= 11 is 0. The predicted octanol–water partition coefficient (Wildman–Crippen LogP) is 1.53. The van der Waals surface area contributed by atoms with E-state index >= 15 is 0 Å². The number of amides is 1. The van der Waals surface area contributed by atoms with Gasteiger partial charge in [-0.3, -0.25) is 9.59 Å². The molecule has 2 rings (SSSR count). The first-order chi connectivity index (χ1) is 12.3. The Morgan fingerprint density at radius 2 is 1.96 bits per heavy atom. The molecule has 1 aliphatic rings. The molecule has 7 nitrogen and oxygen atoms in total. The van der Waals surface area contributed by atoms with Crippen LogP contribution >= 0.6 is 0 Å². The lowest BCUT2D eigenvalue weighted by Crippen LogP contribution is -2.50. The van der Waals surface area contributed by atoms with E-state index in [0.717, 1.165) is 0 Å². The largest absolute Gasteiger partial charge is 0.481 e. The van der Waals surface area contributed by atoms with Crippen LogP contribution < -0.4 is 4.74 Å². The highest BCUT2D eigenvalue weighted by molar-refractivity contribution is 7.92. The summed E-state index contributed by atoms with van der Waals surface area (Å²) in [5.74, 6) is 3.67. The van der Waals surface area contributed by atoms with Crippen LogP contribution in [-0.2, 0) is 19.4 Å². The van der Waals surface area contributed by atoms with Gasteiger partial charge in [0.15, 0.2) is 9.84 Å². The summed E-state index contributed by atoms with van der Waals surface area (Å²) in [6.07, 6.45) is 0.119. The number of piperidine rings is 1. The molecule has 1 N–H and O–H groups in total. The van der Waals surface area contributed by atoms with Gasteiger partial charge in [-0.05, 0) is 44.0 Å². The molecule has 2 atom stereocenters. The molecule has 0 radical (unpaired) electrons. The van der Waals surface area contributed by atoms with Gasteiger partial charge in [0.1, 0.15) is 17.7 Å². The van der Waals surface area contributed by atoms with E-state index in [1.807, 2.05) is 0 Å². The summed E-state index contributed by atoms with van der Waals surface area (Å²) in [5, 5.41) is 8.04. The molecule has 1 aromatic carbocycles. The van der Waals surface area contributed by atoms with Crippen molar-refractivity contribution in [1.29, 1.82) is 0 Å². The van der Waals surface area contributed by atoms with Crippen molar-refractivity contribution >= 4 is 21.7 Å². The summed E-state index contributed by atoms with van der Waals surface area (Å²) in [5.41, 5.74) is 0. The molecule has 0 aromatic heterocycles. The Morgan fingerprint density at radius 1 is 1.31 bits per heavy atom. The smallest absolute Gasteiger partial charge is 0.306 e. The van der Waals surface area contributed by atoms with Gasteiger partial charge < -0.3 is 14.7 Å². The van der Waals surface area contributed by atoms with Crippen molar-refractivity contribution in [2.75, 3.05) is 13.2 Å². The molecular formula is C18H21NO6S. The van der Waals surface area contributed by atoms with E-state index in [0.29, 0.717) is 5.75 Å². The Balaban J connectivity index is 2.28. The lowest BCUT2D eigenvalue weighted by Gasteiger charge is -2.37. The van der Waals surface area contributed by atoms with Crippen molar-refractivity contribution in [3.05, 3.63) is 24.3 Å². The first kappa shape index (κ1) is 19.8. The summed E-state index contributed by atoms with van der Waals surface area (Å²) in [4.78, 5) is 24.4. The molecule has 0 saturated carbocycles. The molecule has 2 unspecified atom stereocenters. The highest BCUT2D eigenvalue weighted by Gasteiger charge is 2.41. The van der Waals surface area contributed by atoms with E-state index in [1.165, 1.54) is 36.1 Å². The van der Waals surface area contributed by atoms with E-state index in [2.05, 4.69) is 11.8 Å². The molecule has 1 fully saturated rings. The zero-order chi connectivity index (χ0) is 19.3. The second-order valence-electron chi connectivity index (χ2n) is 5.96. The van der Waals surface area contributed by atoms with Crippen LogP contribution in [-0.4, -0.2) is 48.8 Å². The molecule has 1 aromatic rings. The zero-order valence-corrected chi connectivity index (χ0v) is 15.5. The number of carbonyl (C=O) groups excluding carboxylic acids is 1. The molecule has 140 valence electrons. The Labute approximate surface area is 152 Å². The van der Waals surface area contributed by atoms with Gasteiger partial charge in [0.05, 0.1) is 10.8 Å². The van der Waals surface area contributed by atoms with Crippen molar-refractivity contribution in [2.24, 2.45) is 5.92 Å². The van der Waals surface area contributed by atoms with Gasteiger partial charge in [0, 0.05) is 13.5 Å². The van der Waals surface area contributed by atoms with Crippen molar-refractivity contribution in [1.82, 2.24) is 4.90 Å². The molecule has 1 aliphatic heterocycles. The molecule has 0 aliphatic carbocycles. The fourth-order valence-corrected chi connectivity index (χ4v) is 4.78. The Hall–Kier alpha value is -2.53. The number of benzene rings is 1. The third kappa shape index (κ3) is 4.35. The van der Waals surface area contributed by atoms with Crippen LogP contribution in [0, 0.1) is 17.8 Å². The number of carboxylic acid groups (broad SMARTS) is 1. The maximum Gasteiger partial charge on any atom is 0.306 e. The number of nitrogens with zero attached hydrogens (tertiary/aromatic N) is 1. The van der Waals surface area contributed by atoms with E-state index in [-0.39, 0.29) is 36.8 Å². The van der Waals surface area contributed by atoms with Crippen molar-refractivity contribution in [3.8, 4) is 17.6 Å². The van der Waals surface area contributed by atoms with Crippen LogP contribution in [0.15, 0.2) is 29.2 Å². The third-order valence-electron chi connectivity index (χ3n) is 4.30. The minimum absolute atomic E-state index is 0.0220. The zero-order valence-electron chi connectivity index (χ0n) is 14.6. The summed E-state index contributed by atoms with van der Waals surface area (Å²) in [6.45, 7) is 3.28. The van der Waals surface area contributed by atoms with E-state index in [1.54, 1.807) is 6.92 Å². The quantitative estimate of drug-likeness (QED) is 0.779. The van der Waals surface area contributed by atoms with Crippen molar-refractivity contribution in [2.45, 2.75) is 37.0 Å². The molecule has 0 bridgehead atoms. The topological polar surface area (TPSA) is 101 Å². The van der Waals surface area contributed by atoms with Crippen LogP contribution in [0.1, 0.15) is 26.7 Å². The minimum Gasteiger partial charge on any atom is -0.481 e. The summed E-state index contributed by atoms with van der Waals surface area (Å²) in [7, 11) is -3.91. The number of hydrogen-bond acceptors (Lipinski definition) is 5. The van der Waals surface area contributed by atoms with Crippen molar-refractivity contribution < 1.29 is 27.9 Å². The van der Waals surface area contributed by atoms with Crippen LogP contribution in [0.2, 0.25) is 0 Å². The predicted molar refractivity (Wildman–Crippen MR) is 94.1 cm³/mol. The van der Waals surface area contributed by atoms with Gasteiger partial charge in [-0.15, -0.1) is 5.92 Å². The van der Waals surface area contributed by atoms with E-state index < -0.39 is 27.1 Å². The van der Waals surface area contributed by atoms with Crippen LogP contribution in [0.4, 0.5) is 0 Å². The monoisotopic (exact) mass is 379 g/mol. The van der Waals surface area contributed by atoms with Gasteiger partial charge in [-0.25, -0.2) is 8.42 Å². The molecular weight excluding hydrogens is 358 g/mol. The average Bonchev–Trinajstić information content (AvgIpc) is 2.61. The number of likely N-dealkylation sites (tertiary alicyclic amines) is 1. The van der Waals surface area contributed by atoms with Crippen LogP contribution in [0.5, 0.6) is 5.75 Å². The third-order valence-corrected chi connectivity index (χ3v) is 6.40. The normalized spacial score (nSPS) is 20.0. The molecule has 1 heterocycles. The molecule has 1 saturated heterocycles. The lowest BCUT2D eigenvalue weighted by atomic mass is 9.97. The maximum absolute atomic E-state index is 13.0. The number of aliphatic carboxylic acids is 1. The summed E-state index contributed by atoms with van der Waals surface area (Å²) < 4.78 is 31.3. The Morgan fingerprint density at radius 3 is 2.50 bits per heavy atom. The number of sulfone groups is 1. The number of hydrogen-bond donors (Lipinski definition) is 1. The van der Waals surface area contributed by atoms with Crippen molar-refractivity contribution in [3.63, 3.8) is 0 Å². The first-order valence-corrected chi connectivity index (χ1v) is 9.68. The second-order valence-corrected chi connectivity index (χ2v) is 8.06. The fraction of sp³-hybridized carbons (Fsp3) is 0.444. The van der Waals surface area contributed by atoms with Gasteiger partial charge in [0.2, 0.25) is 5.91 Å². The molecule has 1 amide bonds. The lowest BCUT2D eigenvalue weighted by molar-refractivity contribution is -0.145. The Kier molecular flexibility index (Phi) is 6.27. The van der Waals surface area contributed by atoms with Gasteiger partial charge in [-0.2, -0.15) is 0 Å². The number of rotatable bonds is 5. The highest BCUT2D eigenvalue weighted by atomic mass is 32.2. The number of carbonyl (C=O) groups is 2. The van der Waals surface area contributed by atoms with E-state index in [4.69, 9.17) is 4.74 Å². The first-order valence-electron chi connectivity index (χ1n) is 8.13. The Bertz CT molecular complexity index is 835. The van der Waals surface area contributed by atoms with Crippen LogP contribution in [0.25, 0.3) is 0 Å². The standard InChI is InChI=1S/C18H21NO6S/c1-3-4-11-25-15-5-7-16(8-6-15)26(23,24)17-12-14(18(21)22)9-10-19(17)13(2)20/h5-8,14,17H,9-12H2,1-2H3,(H,21,22). The number of ether oxygens (including phenoxy) is 1. The average molecular weight is 379 g/mol. The molecule has 26 heavy (non-hydrogen) atoms. The second kappa shape index (κ2) is 8.23. The minimum atomic E-state index is -3.91. The van der Waals surface area contributed by atoms with Crippen LogP contribution in [0.3, 0.4) is 0 Å². The molecule has 8 heteroatoms.